The molecule has 2 atom stereocenters. The van der Waals surface area contributed by atoms with Gasteiger partial charge in [0.1, 0.15) is 12.2 Å². The largest absolute Gasteiger partial charge is 0.377 e. The fourth-order valence-electron chi connectivity index (χ4n) is 2.80. The number of aryl methyl sites for hydroxylation is 1. The normalized spacial score (nSPS) is 22.3. The average molecular weight is 292 g/mol. The van der Waals surface area contributed by atoms with E-state index in [1.165, 1.54) is 16.8 Å². The fraction of sp³-hybridized carbons (Fsp3) is 0.647. The predicted molar refractivity (Wildman–Crippen MR) is 87.0 cm³/mol. The van der Waals surface area contributed by atoms with Crippen LogP contribution < -0.4 is 10.2 Å². The molecule has 1 saturated heterocycles. The van der Waals surface area contributed by atoms with Crippen LogP contribution in [0.5, 0.6) is 0 Å². The molecular weight excluding hydrogens is 264 g/mol. The van der Waals surface area contributed by atoms with Crippen LogP contribution in [0, 0.1) is 6.92 Å². The van der Waals surface area contributed by atoms with Crippen LogP contribution >= 0.6 is 0 Å². The molecule has 0 radical (unpaired) electrons. The van der Waals surface area contributed by atoms with Crippen LogP contribution in [0.4, 0.5) is 5.69 Å². The number of ether oxygens (including phenoxy) is 2. The number of methoxy groups -OCH3 is 2. The molecule has 0 amide bonds. The Bertz CT molecular complexity index is 450. The Labute approximate surface area is 128 Å². The molecule has 4 heteroatoms. The van der Waals surface area contributed by atoms with Gasteiger partial charge in [0.25, 0.3) is 0 Å². The lowest BCUT2D eigenvalue weighted by atomic mass is 10.1. The van der Waals surface area contributed by atoms with Gasteiger partial charge in [-0.2, -0.15) is 0 Å². The van der Waals surface area contributed by atoms with E-state index in [2.05, 4.69) is 49.2 Å². The fourth-order valence-corrected chi connectivity index (χ4v) is 2.80. The number of nitrogens with one attached hydrogen (secondary N) is 1. The van der Waals surface area contributed by atoms with Crippen molar-refractivity contribution in [1.82, 2.24) is 5.32 Å². The van der Waals surface area contributed by atoms with Crippen molar-refractivity contribution >= 4 is 5.69 Å². The van der Waals surface area contributed by atoms with Crippen LogP contribution in [-0.2, 0) is 16.0 Å². The molecule has 1 aliphatic rings. The molecule has 1 aliphatic heterocycles. The first-order chi connectivity index (χ1) is 10.0. The molecule has 2 rings (SSSR count). The highest BCUT2D eigenvalue weighted by atomic mass is 16.5. The average Bonchev–Trinajstić information content (AvgIpc) is 2.89. The molecule has 0 saturated carbocycles. The number of nitrogens with zero attached hydrogens (tertiary/aromatic N) is 1. The third kappa shape index (κ3) is 3.96. The van der Waals surface area contributed by atoms with Crippen LogP contribution in [0.1, 0.15) is 25.0 Å². The maximum Gasteiger partial charge on any atom is 0.102 e. The smallest absolute Gasteiger partial charge is 0.102 e. The van der Waals surface area contributed by atoms with Gasteiger partial charge in [-0.05, 0) is 30.2 Å². The molecule has 4 nitrogen and oxygen atoms in total. The molecule has 1 heterocycles. The molecule has 118 valence electrons. The first kappa shape index (κ1) is 16.3. The molecule has 1 aromatic carbocycles. The van der Waals surface area contributed by atoms with Crippen LogP contribution in [0.3, 0.4) is 0 Å². The number of benzene rings is 1. The van der Waals surface area contributed by atoms with Crippen molar-refractivity contribution in [3.05, 3.63) is 29.3 Å². The number of rotatable bonds is 6. The Morgan fingerprint density at radius 1 is 1.19 bits per heavy atom. The Hall–Kier alpha value is -1.10. The summed E-state index contributed by atoms with van der Waals surface area (Å²) in [7, 11) is 3.51. The Morgan fingerprint density at radius 3 is 2.29 bits per heavy atom. The van der Waals surface area contributed by atoms with Gasteiger partial charge in [-0.25, -0.2) is 0 Å². The molecule has 0 aromatic heterocycles. The first-order valence-electron chi connectivity index (χ1n) is 7.68. The summed E-state index contributed by atoms with van der Waals surface area (Å²) in [5.74, 6) is 0. The zero-order chi connectivity index (χ0) is 15.4. The second-order valence-electron chi connectivity index (χ2n) is 6.10. The van der Waals surface area contributed by atoms with Crippen molar-refractivity contribution in [3.8, 4) is 0 Å². The van der Waals surface area contributed by atoms with Gasteiger partial charge in [0.15, 0.2) is 0 Å². The molecule has 1 aromatic rings. The van der Waals surface area contributed by atoms with E-state index >= 15 is 0 Å². The zero-order valence-corrected chi connectivity index (χ0v) is 13.8. The van der Waals surface area contributed by atoms with Crippen molar-refractivity contribution in [2.24, 2.45) is 0 Å². The predicted octanol–water partition coefficient (Wildman–Crippen LogP) is 2.34. The molecule has 0 spiro atoms. The van der Waals surface area contributed by atoms with Crippen LogP contribution in [0.2, 0.25) is 0 Å². The van der Waals surface area contributed by atoms with Gasteiger partial charge in [-0.3, -0.25) is 0 Å². The topological polar surface area (TPSA) is 33.7 Å². The Morgan fingerprint density at radius 2 is 1.81 bits per heavy atom. The summed E-state index contributed by atoms with van der Waals surface area (Å²) < 4.78 is 11.0. The SMILES string of the molecule is COC1CN(c2ccc(CNC(C)C)c(C)c2)CC1OC. The van der Waals surface area contributed by atoms with Gasteiger partial charge in [0.2, 0.25) is 0 Å². The van der Waals surface area contributed by atoms with E-state index in [0.29, 0.717) is 6.04 Å². The van der Waals surface area contributed by atoms with E-state index in [1.807, 2.05) is 0 Å². The summed E-state index contributed by atoms with van der Waals surface area (Å²) in [4.78, 5) is 2.34. The second kappa shape index (κ2) is 7.25. The Balaban J connectivity index is 2.06. The molecule has 2 unspecified atom stereocenters. The van der Waals surface area contributed by atoms with Crippen molar-refractivity contribution in [2.45, 2.75) is 45.6 Å². The minimum atomic E-state index is 0.151. The van der Waals surface area contributed by atoms with Gasteiger partial charge >= 0.3 is 0 Å². The van der Waals surface area contributed by atoms with Gasteiger partial charge in [-0.1, -0.05) is 19.9 Å². The lowest BCUT2D eigenvalue weighted by molar-refractivity contribution is -0.00461. The van der Waals surface area contributed by atoms with Crippen molar-refractivity contribution < 1.29 is 9.47 Å². The lowest BCUT2D eigenvalue weighted by Crippen LogP contribution is -2.27. The molecule has 1 N–H and O–H groups in total. The van der Waals surface area contributed by atoms with Crippen molar-refractivity contribution in [2.75, 3.05) is 32.2 Å². The highest BCUT2D eigenvalue weighted by Gasteiger charge is 2.33. The molecule has 21 heavy (non-hydrogen) atoms. The van der Waals surface area contributed by atoms with Crippen molar-refractivity contribution in [3.63, 3.8) is 0 Å². The van der Waals surface area contributed by atoms with E-state index in [-0.39, 0.29) is 12.2 Å². The van der Waals surface area contributed by atoms with Crippen LogP contribution in [-0.4, -0.2) is 45.6 Å². The third-order valence-electron chi connectivity index (χ3n) is 4.21. The summed E-state index contributed by atoms with van der Waals surface area (Å²) in [5, 5.41) is 3.47. The Kier molecular flexibility index (Phi) is 5.62. The standard InChI is InChI=1S/C17H28N2O2/c1-12(2)18-9-14-6-7-15(8-13(14)3)19-10-16(20-4)17(11-19)21-5/h6-8,12,16-18H,9-11H2,1-5H3. The van der Waals surface area contributed by atoms with E-state index in [0.717, 1.165) is 19.6 Å². The molecule has 0 bridgehead atoms. The van der Waals surface area contributed by atoms with E-state index < -0.39 is 0 Å². The van der Waals surface area contributed by atoms with Gasteiger partial charge in [0.05, 0.1) is 0 Å². The summed E-state index contributed by atoms with van der Waals surface area (Å²) in [6.07, 6.45) is 0.301. The van der Waals surface area contributed by atoms with Crippen LogP contribution in [0.15, 0.2) is 18.2 Å². The minimum Gasteiger partial charge on any atom is -0.377 e. The zero-order valence-electron chi connectivity index (χ0n) is 13.8. The lowest BCUT2D eigenvalue weighted by Gasteiger charge is -2.20. The number of hydrogen-bond donors (Lipinski definition) is 1. The summed E-state index contributed by atoms with van der Waals surface area (Å²) in [5.41, 5.74) is 3.94. The van der Waals surface area contributed by atoms with Crippen molar-refractivity contribution in [1.29, 1.82) is 0 Å². The summed E-state index contributed by atoms with van der Waals surface area (Å²) in [6.45, 7) is 9.22. The van der Waals surface area contributed by atoms with E-state index in [4.69, 9.17) is 9.47 Å². The minimum absolute atomic E-state index is 0.151. The number of hydrogen-bond acceptors (Lipinski definition) is 4. The summed E-state index contributed by atoms with van der Waals surface area (Å²) >= 11 is 0. The van der Waals surface area contributed by atoms with Gasteiger partial charge in [-0.15, -0.1) is 0 Å². The highest BCUT2D eigenvalue weighted by Crippen LogP contribution is 2.25. The molecular formula is C17H28N2O2. The van der Waals surface area contributed by atoms with E-state index in [1.54, 1.807) is 14.2 Å². The van der Waals surface area contributed by atoms with Crippen LogP contribution in [0.25, 0.3) is 0 Å². The molecule has 1 fully saturated rings. The second-order valence-corrected chi connectivity index (χ2v) is 6.10. The van der Waals surface area contributed by atoms with Gasteiger partial charge in [0, 0.05) is 45.6 Å². The maximum atomic E-state index is 5.51. The summed E-state index contributed by atoms with van der Waals surface area (Å²) in [6, 6.07) is 7.20. The third-order valence-corrected chi connectivity index (χ3v) is 4.21. The quantitative estimate of drug-likeness (QED) is 0.872. The monoisotopic (exact) mass is 292 g/mol. The highest BCUT2D eigenvalue weighted by molar-refractivity contribution is 5.52. The maximum absolute atomic E-state index is 5.51. The molecule has 0 aliphatic carbocycles. The number of anilines is 1. The van der Waals surface area contributed by atoms with E-state index in [9.17, 15) is 0 Å². The first-order valence-corrected chi connectivity index (χ1v) is 7.68. The van der Waals surface area contributed by atoms with Gasteiger partial charge < -0.3 is 19.7 Å².